The van der Waals surface area contributed by atoms with Crippen LogP contribution in [0.3, 0.4) is 0 Å². The summed E-state index contributed by atoms with van der Waals surface area (Å²) < 4.78 is 77.8. The summed E-state index contributed by atoms with van der Waals surface area (Å²) in [6.45, 7) is 5.29. The lowest BCUT2D eigenvalue weighted by Gasteiger charge is -2.19. The summed E-state index contributed by atoms with van der Waals surface area (Å²) >= 11 is 0. The maximum Gasteiger partial charge on any atom is 0.405 e. The summed E-state index contributed by atoms with van der Waals surface area (Å²) in [4.78, 5) is 23.1. The van der Waals surface area contributed by atoms with Gasteiger partial charge in [-0.15, -0.1) is 0 Å². The van der Waals surface area contributed by atoms with Crippen molar-refractivity contribution in [1.29, 1.82) is 0 Å². The van der Waals surface area contributed by atoms with Gasteiger partial charge in [0.25, 0.3) is 0 Å². The van der Waals surface area contributed by atoms with Gasteiger partial charge in [-0.3, -0.25) is 9.59 Å². The lowest BCUT2D eigenvalue weighted by atomic mass is 9.91. The predicted octanol–water partition coefficient (Wildman–Crippen LogP) is 5.57. The molecule has 1 atom stereocenters. The van der Waals surface area contributed by atoms with Gasteiger partial charge in [0.15, 0.2) is 0 Å². The molecule has 0 aromatic heterocycles. The molecule has 2 aromatic rings. The van der Waals surface area contributed by atoms with Crippen molar-refractivity contribution in [3.05, 3.63) is 75.4 Å². The van der Waals surface area contributed by atoms with Crippen LogP contribution in [-0.4, -0.2) is 30.7 Å². The van der Waals surface area contributed by atoms with Gasteiger partial charge in [0.1, 0.15) is 6.54 Å². The fourth-order valence-corrected chi connectivity index (χ4v) is 3.40. The molecule has 10 heteroatoms. The minimum Gasteiger partial charge on any atom is -0.344 e. The number of benzene rings is 2. The zero-order chi connectivity index (χ0) is 26.6. The Bertz CT molecular complexity index is 1100. The van der Waals surface area contributed by atoms with Crippen molar-refractivity contribution in [3.8, 4) is 0 Å². The van der Waals surface area contributed by atoms with E-state index < -0.39 is 36.6 Å². The Morgan fingerprint density at radius 1 is 0.857 bits per heavy atom. The van der Waals surface area contributed by atoms with Crippen LogP contribution >= 0.6 is 0 Å². The quantitative estimate of drug-likeness (QED) is 0.402. The highest BCUT2D eigenvalue weighted by Crippen LogP contribution is 2.37. The molecule has 35 heavy (non-hydrogen) atoms. The second kappa shape index (κ2) is 11.0. The van der Waals surface area contributed by atoms with E-state index in [1.807, 2.05) is 6.92 Å². The maximum absolute atomic E-state index is 13.8. The number of carbonyl (C=O) groups excluding carboxylic acids is 2. The molecule has 0 fully saturated rings. The minimum absolute atomic E-state index is 0.138. The Hall–Kier alpha value is -3.30. The van der Waals surface area contributed by atoms with Crippen LogP contribution in [0.5, 0.6) is 0 Å². The van der Waals surface area contributed by atoms with E-state index in [-0.39, 0.29) is 12.1 Å². The van der Waals surface area contributed by atoms with Crippen molar-refractivity contribution < 1.29 is 35.9 Å². The molecule has 1 unspecified atom stereocenters. The lowest BCUT2D eigenvalue weighted by molar-refractivity contribution is -0.146. The van der Waals surface area contributed by atoms with Crippen molar-refractivity contribution in [2.24, 2.45) is 0 Å². The number of carbonyl (C=O) groups is 2. The van der Waals surface area contributed by atoms with E-state index in [2.05, 4.69) is 5.32 Å². The number of aryl methyl sites for hydroxylation is 3. The van der Waals surface area contributed by atoms with Crippen LogP contribution in [0, 0.1) is 27.7 Å². The Morgan fingerprint density at radius 2 is 1.43 bits per heavy atom. The topological polar surface area (TPSA) is 58.2 Å². The second-order valence-electron chi connectivity index (χ2n) is 8.32. The van der Waals surface area contributed by atoms with Gasteiger partial charge in [-0.05, 0) is 66.6 Å². The standard InChI is InChI=1S/C25H26F6N2O2/c1-14-10-20(11-15(2)17(14)4)21(25(29,30)31)8-6-18-5-7-19(16(3)9-18)12-32-22(34)23(35)33-13-24(26,27)28/h5-11,21H,12-13H2,1-4H3,(H,32,34)(H,33,35)/b8-6+. The third-order valence-corrected chi connectivity index (χ3v) is 5.60. The van der Waals surface area contributed by atoms with Gasteiger partial charge in [0.2, 0.25) is 0 Å². The fraction of sp³-hybridized carbons (Fsp3) is 0.360. The first-order valence-electron chi connectivity index (χ1n) is 10.6. The summed E-state index contributed by atoms with van der Waals surface area (Å²) in [7, 11) is 0. The molecule has 0 bridgehead atoms. The van der Waals surface area contributed by atoms with Crippen molar-refractivity contribution in [1.82, 2.24) is 10.6 Å². The molecule has 0 aliphatic carbocycles. The number of hydrogen-bond acceptors (Lipinski definition) is 2. The van der Waals surface area contributed by atoms with E-state index in [1.54, 1.807) is 39.0 Å². The number of nitrogens with one attached hydrogen (secondary N) is 2. The monoisotopic (exact) mass is 500 g/mol. The van der Waals surface area contributed by atoms with Crippen LogP contribution in [0.2, 0.25) is 0 Å². The van der Waals surface area contributed by atoms with Crippen LogP contribution < -0.4 is 10.6 Å². The van der Waals surface area contributed by atoms with Crippen molar-refractivity contribution in [2.75, 3.05) is 6.54 Å². The fourth-order valence-electron chi connectivity index (χ4n) is 3.40. The summed E-state index contributed by atoms with van der Waals surface area (Å²) in [6, 6.07) is 7.79. The summed E-state index contributed by atoms with van der Waals surface area (Å²) in [5.74, 6) is -4.44. The number of allylic oxidation sites excluding steroid dienone is 1. The van der Waals surface area contributed by atoms with E-state index in [0.717, 1.165) is 22.8 Å². The average Bonchev–Trinajstić information content (AvgIpc) is 2.73. The molecule has 2 aromatic carbocycles. The highest BCUT2D eigenvalue weighted by Gasteiger charge is 2.39. The molecule has 4 nitrogen and oxygen atoms in total. The lowest BCUT2D eigenvalue weighted by Crippen LogP contribution is -2.43. The van der Waals surface area contributed by atoms with Gasteiger partial charge in [-0.1, -0.05) is 42.5 Å². The minimum atomic E-state index is -4.64. The molecule has 0 spiro atoms. The number of hydrogen-bond donors (Lipinski definition) is 2. The SMILES string of the molecule is Cc1cc(/C=C/C(c2cc(C)c(C)c(C)c2)C(F)(F)F)ccc1CNC(=O)C(=O)NCC(F)(F)F. The van der Waals surface area contributed by atoms with E-state index in [1.165, 1.54) is 23.5 Å². The van der Waals surface area contributed by atoms with Crippen LogP contribution in [0.15, 0.2) is 36.4 Å². The van der Waals surface area contributed by atoms with Gasteiger partial charge in [0.05, 0.1) is 5.92 Å². The molecule has 0 aliphatic rings. The molecule has 2 N–H and O–H groups in total. The number of rotatable bonds is 6. The average molecular weight is 500 g/mol. The van der Waals surface area contributed by atoms with Crippen molar-refractivity contribution in [2.45, 2.75) is 52.5 Å². The molecule has 0 radical (unpaired) electrons. The van der Waals surface area contributed by atoms with Gasteiger partial charge in [-0.25, -0.2) is 0 Å². The first-order chi connectivity index (χ1) is 16.1. The first kappa shape index (κ1) is 27.9. The van der Waals surface area contributed by atoms with E-state index in [9.17, 15) is 35.9 Å². The first-order valence-corrected chi connectivity index (χ1v) is 10.6. The molecule has 190 valence electrons. The number of halogens is 6. The summed E-state index contributed by atoms with van der Waals surface area (Å²) in [5.41, 5.74) is 4.30. The smallest absolute Gasteiger partial charge is 0.344 e. The van der Waals surface area contributed by atoms with Crippen LogP contribution in [-0.2, 0) is 16.1 Å². The Morgan fingerprint density at radius 3 is 1.94 bits per heavy atom. The normalized spacial score (nSPS) is 13.1. The molecule has 0 saturated heterocycles. The van der Waals surface area contributed by atoms with Crippen molar-refractivity contribution >= 4 is 17.9 Å². The van der Waals surface area contributed by atoms with Crippen LogP contribution in [0.1, 0.15) is 44.9 Å². The number of amides is 2. The van der Waals surface area contributed by atoms with Gasteiger partial charge >= 0.3 is 24.2 Å². The zero-order valence-corrected chi connectivity index (χ0v) is 19.6. The number of alkyl halides is 6. The predicted molar refractivity (Wildman–Crippen MR) is 121 cm³/mol. The second-order valence-corrected chi connectivity index (χ2v) is 8.32. The zero-order valence-electron chi connectivity index (χ0n) is 19.6. The Balaban J connectivity index is 2.13. The van der Waals surface area contributed by atoms with E-state index in [4.69, 9.17) is 0 Å². The van der Waals surface area contributed by atoms with Gasteiger partial charge in [0, 0.05) is 6.54 Å². The van der Waals surface area contributed by atoms with Gasteiger partial charge < -0.3 is 10.6 Å². The highest BCUT2D eigenvalue weighted by molar-refractivity contribution is 6.35. The van der Waals surface area contributed by atoms with Crippen molar-refractivity contribution in [3.63, 3.8) is 0 Å². The third-order valence-electron chi connectivity index (χ3n) is 5.60. The summed E-state index contributed by atoms with van der Waals surface area (Å²) in [5, 5.41) is 3.69. The summed E-state index contributed by atoms with van der Waals surface area (Å²) in [6.07, 6.45) is -6.68. The van der Waals surface area contributed by atoms with Crippen LogP contribution in [0.25, 0.3) is 6.08 Å². The Labute approximate surface area is 199 Å². The molecule has 0 saturated carbocycles. The van der Waals surface area contributed by atoms with E-state index in [0.29, 0.717) is 16.7 Å². The van der Waals surface area contributed by atoms with Gasteiger partial charge in [-0.2, -0.15) is 26.3 Å². The molecular weight excluding hydrogens is 474 g/mol. The molecule has 2 rings (SSSR count). The van der Waals surface area contributed by atoms with E-state index >= 15 is 0 Å². The molecular formula is C25H26F6N2O2. The third kappa shape index (κ3) is 8.15. The molecule has 0 aliphatic heterocycles. The maximum atomic E-state index is 13.8. The molecule has 0 heterocycles. The largest absolute Gasteiger partial charge is 0.405 e. The Kier molecular flexibility index (Phi) is 8.75. The highest BCUT2D eigenvalue weighted by atomic mass is 19.4. The molecule has 2 amide bonds. The van der Waals surface area contributed by atoms with Crippen LogP contribution in [0.4, 0.5) is 26.3 Å².